The number of nitrogens with zero attached hydrogens (tertiary/aromatic N) is 1. The Morgan fingerprint density at radius 3 is 2.60 bits per heavy atom. The largest absolute Gasteiger partial charge is 0.377 e. The summed E-state index contributed by atoms with van der Waals surface area (Å²) in [6.07, 6.45) is 0.839. The lowest BCUT2D eigenvalue weighted by molar-refractivity contribution is 0.272. The van der Waals surface area contributed by atoms with Gasteiger partial charge in [0, 0.05) is 5.70 Å². The summed E-state index contributed by atoms with van der Waals surface area (Å²) in [6.45, 7) is 7.18. The molecule has 0 aliphatic rings. The predicted molar refractivity (Wildman–Crippen MR) is 42.8 cm³/mol. The van der Waals surface area contributed by atoms with Crippen LogP contribution in [0.4, 0.5) is 0 Å². The van der Waals surface area contributed by atoms with Crippen LogP contribution in [0.3, 0.4) is 0 Å². The molecule has 0 fully saturated rings. The summed E-state index contributed by atoms with van der Waals surface area (Å²) in [5.41, 5.74) is 1.79. The van der Waals surface area contributed by atoms with Crippen molar-refractivity contribution < 1.29 is 5.11 Å². The highest BCUT2D eigenvalue weighted by Gasteiger charge is 1.94. The minimum absolute atomic E-state index is 0.0456. The Morgan fingerprint density at radius 1 is 1.70 bits per heavy atom. The standard InChI is InChI=1S/C7H14N2O/c1-4-7(9-5-10)6(2)8-3/h9-10H,3-5H2,1-2H3/b7-6+. The molecule has 0 aromatic rings. The molecule has 0 bridgehead atoms. The average molecular weight is 142 g/mol. The van der Waals surface area contributed by atoms with Gasteiger partial charge in [-0.1, -0.05) is 6.92 Å². The normalized spacial score (nSPS) is 12.3. The zero-order valence-corrected chi connectivity index (χ0v) is 6.52. The van der Waals surface area contributed by atoms with Gasteiger partial charge in [-0.3, -0.25) is 4.99 Å². The van der Waals surface area contributed by atoms with Crippen LogP contribution in [0.25, 0.3) is 0 Å². The minimum atomic E-state index is -0.0456. The van der Waals surface area contributed by atoms with Gasteiger partial charge < -0.3 is 10.4 Å². The van der Waals surface area contributed by atoms with E-state index in [1.54, 1.807) is 0 Å². The topological polar surface area (TPSA) is 44.6 Å². The first-order chi connectivity index (χ1) is 4.76. The van der Waals surface area contributed by atoms with Gasteiger partial charge in [-0.15, -0.1) is 0 Å². The molecule has 0 radical (unpaired) electrons. The van der Waals surface area contributed by atoms with Crippen molar-refractivity contribution in [2.45, 2.75) is 20.3 Å². The quantitative estimate of drug-likeness (QED) is 0.452. The van der Waals surface area contributed by atoms with Crippen molar-refractivity contribution in [3.05, 3.63) is 11.4 Å². The fourth-order valence-electron chi connectivity index (χ4n) is 0.700. The third-order valence-corrected chi connectivity index (χ3v) is 1.32. The molecule has 0 atom stereocenters. The van der Waals surface area contributed by atoms with Crippen LogP contribution in [0.15, 0.2) is 16.4 Å². The Labute approximate surface area is 61.5 Å². The van der Waals surface area contributed by atoms with E-state index in [1.807, 2.05) is 13.8 Å². The van der Waals surface area contributed by atoms with Crippen LogP contribution in [-0.4, -0.2) is 18.6 Å². The number of aliphatic imine (C=N–C) groups is 1. The van der Waals surface area contributed by atoms with Gasteiger partial charge in [0.2, 0.25) is 0 Å². The monoisotopic (exact) mass is 142 g/mol. The second-order valence-electron chi connectivity index (χ2n) is 1.91. The van der Waals surface area contributed by atoms with Gasteiger partial charge in [-0.05, 0) is 20.1 Å². The Morgan fingerprint density at radius 2 is 2.30 bits per heavy atom. The highest BCUT2D eigenvalue weighted by molar-refractivity contribution is 5.29. The molecule has 2 N–H and O–H groups in total. The fourth-order valence-corrected chi connectivity index (χ4v) is 0.700. The van der Waals surface area contributed by atoms with Crippen LogP contribution in [0, 0.1) is 0 Å². The third kappa shape index (κ3) is 2.64. The van der Waals surface area contributed by atoms with E-state index in [9.17, 15) is 0 Å². The number of aliphatic hydroxyl groups is 1. The average Bonchev–Trinajstić information content (AvgIpc) is 1.99. The van der Waals surface area contributed by atoms with Gasteiger partial charge in [-0.2, -0.15) is 0 Å². The van der Waals surface area contributed by atoms with Crippen molar-refractivity contribution in [3.8, 4) is 0 Å². The zero-order valence-electron chi connectivity index (χ0n) is 6.52. The molecule has 3 nitrogen and oxygen atoms in total. The van der Waals surface area contributed by atoms with Crippen LogP contribution in [0.1, 0.15) is 20.3 Å². The van der Waals surface area contributed by atoms with Gasteiger partial charge in [-0.25, -0.2) is 0 Å². The van der Waals surface area contributed by atoms with Crippen LogP contribution in [-0.2, 0) is 0 Å². The van der Waals surface area contributed by atoms with Gasteiger partial charge in [0.25, 0.3) is 0 Å². The number of hydrogen-bond acceptors (Lipinski definition) is 3. The summed E-state index contributed by atoms with van der Waals surface area (Å²) in [7, 11) is 0. The van der Waals surface area contributed by atoms with Crippen molar-refractivity contribution in [2.24, 2.45) is 4.99 Å². The molecule has 0 rings (SSSR count). The SMILES string of the molecule is C=N/C(C)=C(\CC)NCO. The van der Waals surface area contributed by atoms with Gasteiger partial charge in [0.1, 0.15) is 6.73 Å². The van der Waals surface area contributed by atoms with Gasteiger partial charge >= 0.3 is 0 Å². The minimum Gasteiger partial charge on any atom is -0.377 e. The Balaban J connectivity index is 4.13. The summed E-state index contributed by atoms with van der Waals surface area (Å²) in [5.74, 6) is 0. The molecule has 58 valence electrons. The summed E-state index contributed by atoms with van der Waals surface area (Å²) in [6, 6.07) is 0. The zero-order chi connectivity index (χ0) is 7.98. The summed E-state index contributed by atoms with van der Waals surface area (Å²) in [5, 5.41) is 11.3. The molecule has 0 spiro atoms. The van der Waals surface area contributed by atoms with Crippen molar-refractivity contribution in [2.75, 3.05) is 6.73 Å². The van der Waals surface area contributed by atoms with E-state index in [2.05, 4.69) is 17.0 Å². The molecule has 0 aromatic carbocycles. The van der Waals surface area contributed by atoms with E-state index in [4.69, 9.17) is 5.11 Å². The van der Waals surface area contributed by atoms with Crippen molar-refractivity contribution in [3.63, 3.8) is 0 Å². The molecule has 0 saturated carbocycles. The number of aliphatic hydroxyl groups excluding tert-OH is 1. The first-order valence-electron chi connectivity index (χ1n) is 3.27. The van der Waals surface area contributed by atoms with Crippen LogP contribution in [0.5, 0.6) is 0 Å². The summed E-state index contributed by atoms with van der Waals surface area (Å²) >= 11 is 0. The van der Waals surface area contributed by atoms with Gasteiger partial charge in [0.05, 0.1) is 5.70 Å². The van der Waals surface area contributed by atoms with E-state index in [0.717, 1.165) is 17.8 Å². The van der Waals surface area contributed by atoms with Crippen molar-refractivity contribution >= 4 is 6.72 Å². The number of nitrogens with one attached hydrogen (secondary N) is 1. The lowest BCUT2D eigenvalue weighted by atomic mass is 10.3. The Kier molecular flexibility index (Phi) is 4.58. The van der Waals surface area contributed by atoms with E-state index in [0.29, 0.717) is 0 Å². The number of hydrogen-bond donors (Lipinski definition) is 2. The van der Waals surface area contributed by atoms with E-state index in [1.165, 1.54) is 0 Å². The molecule has 0 aromatic heterocycles. The molecular formula is C7H14N2O. The molecule has 0 amide bonds. The third-order valence-electron chi connectivity index (χ3n) is 1.32. The first-order valence-corrected chi connectivity index (χ1v) is 3.27. The molecular weight excluding hydrogens is 128 g/mol. The molecule has 10 heavy (non-hydrogen) atoms. The number of allylic oxidation sites excluding steroid dienone is 2. The Bertz CT molecular complexity index is 141. The predicted octanol–water partition coefficient (Wildman–Crippen LogP) is 0.868. The molecule has 3 heteroatoms. The fraction of sp³-hybridized carbons (Fsp3) is 0.571. The van der Waals surface area contributed by atoms with Crippen molar-refractivity contribution in [1.82, 2.24) is 5.32 Å². The lowest BCUT2D eigenvalue weighted by Gasteiger charge is -2.06. The van der Waals surface area contributed by atoms with E-state index in [-0.39, 0.29) is 6.73 Å². The second-order valence-corrected chi connectivity index (χ2v) is 1.91. The molecule has 0 heterocycles. The maximum absolute atomic E-state index is 8.50. The van der Waals surface area contributed by atoms with Crippen LogP contribution >= 0.6 is 0 Å². The highest BCUT2D eigenvalue weighted by Crippen LogP contribution is 2.04. The molecule has 0 unspecified atom stereocenters. The molecule has 0 aliphatic heterocycles. The summed E-state index contributed by atoms with van der Waals surface area (Å²) in [4.78, 5) is 3.73. The molecule has 0 aliphatic carbocycles. The van der Waals surface area contributed by atoms with Crippen molar-refractivity contribution in [1.29, 1.82) is 0 Å². The van der Waals surface area contributed by atoms with Gasteiger partial charge in [0.15, 0.2) is 0 Å². The maximum Gasteiger partial charge on any atom is 0.113 e. The highest BCUT2D eigenvalue weighted by atomic mass is 16.3. The van der Waals surface area contributed by atoms with E-state index < -0.39 is 0 Å². The second kappa shape index (κ2) is 4.99. The lowest BCUT2D eigenvalue weighted by Crippen LogP contribution is -2.14. The first kappa shape index (κ1) is 9.17. The molecule has 0 saturated heterocycles. The Hall–Kier alpha value is -0.830. The number of rotatable bonds is 4. The van der Waals surface area contributed by atoms with Crippen LogP contribution < -0.4 is 5.32 Å². The van der Waals surface area contributed by atoms with Crippen LogP contribution in [0.2, 0.25) is 0 Å². The van der Waals surface area contributed by atoms with E-state index >= 15 is 0 Å². The summed E-state index contributed by atoms with van der Waals surface area (Å²) < 4.78 is 0. The maximum atomic E-state index is 8.50. The smallest absolute Gasteiger partial charge is 0.113 e.